The third-order valence-electron chi connectivity index (χ3n) is 4.61. The largest absolute Gasteiger partial charge is 0.390 e. The summed E-state index contributed by atoms with van der Waals surface area (Å²) < 4.78 is 0. The molecule has 0 aliphatic carbocycles. The Kier molecular flexibility index (Phi) is 4.09. The van der Waals surface area contributed by atoms with Crippen molar-refractivity contribution in [3.63, 3.8) is 0 Å². The van der Waals surface area contributed by atoms with E-state index >= 15 is 0 Å². The van der Waals surface area contributed by atoms with Gasteiger partial charge in [-0.2, -0.15) is 9.97 Å². The lowest BCUT2D eigenvalue weighted by molar-refractivity contribution is -0.0168. The number of aromatic nitrogens is 2. The summed E-state index contributed by atoms with van der Waals surface area (Å²) in [6.07, 6.45) is 1.49. The van der Waals surface area contributed by atoms with Crippen molar-refractivity contribution in [2.24, 2.45) is 5.92 Å². The molecule has 2 heterocycles. The summed E-state index contributed by atoms with van der Waals surface area (Å²) in [6, 6.07) is 12.0. The molecule has 1 aliphatic heterocycles. The van der Waals surface area contributed by atoms with Gasteiger partial charge in [-0.25, -0.2) is 0 Å². The first-order valence-corrected chi connectivity index (χ1v) is 7.85. The average Bonchev–Trinajstić information content (AvgIpc) is 2.49. The molecule has 1 saturated heterocycles. The highest BCUT2D eigenvalue weighted by atomic mass is 16.3. The van der Waals surface area contributed by atoms with E-state index in [0.29, 0.717) is 25.3 Å². The van der Waals surface area contributed by atoms with Gasteiger partial charge in [-0.3, -0.25) is 0 Å². The molecule has 23 heavy (non-hydrogen) atoms. The van der Waals surface area contributed by atoms with Crippen LogP contribution >= 0.6 is 0 Å². The van der Waals surface area contributed by atoms with Gasteiger partial charge in [0.2, 0.25) is 5.95 Å². The van der Waals surface area contributed by atoms with Crippen LogP contribution in [0.5, 0.6) is 0 Å². The first-order valence-electron chi connectivity index (χ1n) is 7.85. The Morgan fingerprint density at radius 2 is 2.00 bits per heavy atom. The van der Waals surface area contributed by atoms with Crippen molar-refractivity contribution >= 4 is 17.6 Å². The molecule has 5 N–H and O–H groups in total. The second-order valence-corrected chi connectivity index (χ2v) is 6.45. The van der Waals surface area contributed by atoms with E-state index in [9.17, 15) is 5.11 Å². The zero-order chi connectivity index (χ0) is 16.4. The summed E-state index contributed by atoms with van der Waals surface area (Å²) in [5.41, 5.74) is 12.0. The summed E-state index contributed by atoms with van der Waals surface area (Å²) in [7, 11) is 0. The minimum absolute atomic E-state index is 0.107. The molecule has 0 spiro atoms. The number of hydrogen-bond acceptors (Lipinski definition) is 6. The van der Waals surface area contributed by atoms with Crippen molar-refractivity contribution in [1.82, 2.24) is 9.97 Å². The van der Waals surface area contributed by atoms with E-state index < -0.39 is 5.60 Å². The fourth-order valence-corrected chi connectivity index (χ4v) is 3.14. The zero-order valence-corrected chi connectivity index (χ0v) is 13.3. The van der Waals surface area contributed by atoms with Crippen molar-refractivity contribution < 1.29 is 5.11 Å². The Labute approximate surface area is 136 Å². The summed E-state index contributed by atoms with van der Waals surface area (Å²) >= 11 is 0. The zero-order valence-electron chi connectivity index (χ0n) is 13.3. The van der Waals surface area contributed by atoms with Crippen molar-refractivity contribution in [3.05, 3.63) is 42.0 Å². The van der Waals surface area contributed by atoms with E-state index in [1.807, 2.05) is 25.1 Å². The summed E-state index contributed by atoms with van der Waals surface area (Å²) in [5, 5.41) is 10.8. The molecule has 0 amide bonds. The third-order valence-corrected chi connectivity index (χ3v) is 4.61. The fourth-order valence-electron chi connectivity index (χ4n) is 3.14. The standard InChI is InChI=1S/C17H23N5O/c1-17(23)7-8-22(15-10-14(18)20-16(19)21-15)11-13(17)9-12-5-3-2-4-6-12/h2-6,10,13,23H,7-9,11H2,1H3,(H4,18,19,20,21)/t13-,17+/m0/s1. The van der Waals surface area contributed by atoms with Gasteiger partial charge >= 0.3 is 0 Å². The molecule has 122 valence electrons. The molecule has 1 fully saturated rings. The lowest BCUT2D eigenvalue weighted by Gasteiger charge is -2.43. The maximum absolute atomic E-state index is 10.8. The number of nitrogens with two attached hydrogens (primary N) is 2. The molecule has 0 bridgehead atoms. The van der Waals surface area contributed by atoms with Gasteiger partial charge in [0, 0.05) is 25.1 Å². The second kappa shape index (κ2) is 6.04. The first kappa shape index (κ1) is 15.6. The van der Waals surface area contributed by atoms with Crippen LogP contribution in [0.15, 0.2) is 36.4 Å². The molecule has 0 unspecified atom stereocenters. The molecule has 1 aromatic carbocycles. The van der Waals surface area contributed by atoms with E-state index in [4.69, 9.17) is 11.5 Å². The SMILES string of the molecule is C[C@@]1(O)CCN(c2cc(N)nc(N)n2)C[C@@H]1Cc1ccccc1. The third kappa shape index (κ3) is 3.53. The number of nitrogens with zero attached hydrogens (tertiary/aromatic N) is 3. The van der Waals surface area contributed by atoms with Crippen LogP contribution in [-0.4, -0.2) is 33.8 Å². The summed E-state index contributed by atoms with van der Waals surface area (Å²) in [5.74, 6) is 1.38. The summed E-state index contributed by atoms with van der Waals surface area (Å²) in [4.78, 5) is 10.3. The minimum atomic E-state index is -0.698. The summed E-state index contributed by atoms with van der Waals surface area (Å²) in [6.45, 7) is 3.34. The van der Waals surface area contributed by atoms with Crippen molar-refractivity contribution in [2.75, 3.05) is 29.5 Å². The highest BCUT2D eigenvalue weighted by Crippen LogP contribution is 2.32. The number of benzene rings is 1. The van der Waals surface area contributed by atoms with E-state index in [0.717, 1.165) is 12.2 Å². The number of nitrogen functional groups attached to an aromatic ring is 2. The predicted octanol–water partition coefficient (Wildman–Crippen LogP) is 1.46. The number of aliphatic hydroxyl groups is 1. The van der Waals surface area contributed by atoms with Crippen LogP contribution in [0.2, 0.25) is 0 Å². The first-order chi connectivity index (χ1) is 10.9. The van der Waals surface area contributed by atoms with E-state index in [1.165, 1.54) is 5.56 Å². The highest BCUT2D eigenvalue weighted by Gasteiger charge is 2.38. The van der Waals surface area contributed by atoms with E-state index in [1.54, 1.807) is 6.07 Å². The van der Waals surface area contributed by atoms with Gasteiger partial charge in [0.25, 0.3) is 0 Å². The fraction of sp³-hybridized carbons (Fsp3) is 0.412. The number of hydrogen-bond donors (Lipinski definition) is 3. The number of rotatable bonds is 3. The Bertz CT molecular complexity index is 654. The van der Waals surface area contributed by atoms with Crippen molar-refractivity contribution in [2.45, 2.75) is 25.4 Å². The lowest BCUT2D eigenvalue weighted by Crippen LogP contribution is -2.51. The molecule has 2 atom stereocenters. The maximum atomic E-state index is 10.8. The van der Waals surface area contributed by atoms with Crippen LogP contribution in [-0.2, 0) is 6.42 Å². The lowest BCUT2D eigenvalue weighted by atomic mass is 9.79. The molecule has 1 aromatic heterocycles. The van der Waals surface area contributed by atoms with Crippen LogP contribution in [0.1, 0.15) is 18.9 Å². The van der Waals surface area contributed by atoms with E-state index in [-0.39, 0.29) is 11.9 Å². The van der Waals surface area contributed by atoms with Crippen LogP contribution in [0, 0.1) is 5.92 Å². The van der Waals surface area contributed by atoms with Gasteiger partial charge < -0.3 is 21.5 Å². The predicted molar refractivity (Wildman–Crippen MR) is 91.9 cm³/mol. The average molecular weight is 313 g/mol. The molecule has 3 rings (SSSR count). The topological polar surface area (TPSA) is 101 Å². The van der Waals surface area contributed by atoms with Gasteiger partial charge in [0.15, 0.2) is 0 Å². The quantitative estimate of drug-likeness (QED) is 0.793. The van der Waals surface area contributed by atoms with Gasteiger partial charge in [0.1, 0.15) is 11.6 Å². The van der Waals surface area contributed by atoms with Crippen molar-refractivity contribution in [3.8, 4) is 0 Å². The van der Waals surface area contributed by atoms with E-state index in [2.05, 4.69) is 27.0 Å². The Hall–Kier alpha value is -2.34. The normalized spacial score (nSPS) is 24.6. The van der Waals surface area contributed by atoms with Crippen molar-refractivity contribution in [1.29, 1.82) is 0 Å². The maximum Gasteiger partial charge on any atom is 0.223 e. The monoisotopic (exact) mass is 313 g/mol. The van der Waals surface area contributed by atoms with Crippen LogP contribution < -0.4 is 16.4 Å². The Balaban J connectivity index is 1.81. The molecule has 6 heteroatoms. The van der Waals surface area contributed by atoms with Gasteiger partial charge in [0.05, 0.1) is 5.60 Å². The van der Waals surface area contributed by atoms with Crippen LogP contribution in [0.4, 0.5) is 17.6 Å². The molecule has 0 radical (unpaired) electrons. The van der Waals surface area contributed by atoms with Gasteiger partial charge in [-0.05, 0) is 25.3 Å². The van der Waals surface area contributed by atoms with Crippen LogP contribution in [0.3, 0.4) is 0 Å². The Morgan fingerprint density at radius 1 is 1.26 bits per heavy atom. The number of anilines is 3. The Morgan fingerprint density at radius 3 is 2.70 bits per heavy atom. The van der Waals surface area contributed by atoms with Crippen LogP contribution in [0.25, 0.3) is 0 Å². The highest BCUT2D eigenvalue weighted by molar-refractivity contribution is 5.51. The molecular formula is C17H23N5O. The van der Waals surface area contributed by atoms with Gasteiger partial charge in [-0.1, -0.05) is 30.3 Å². The molecule has 1 aliphatic rings. The minimum Gasteiger partial charge on any atom is -0.390 e. The smallest absolute Gasteiger partial charge is 0.223 e. The molecule has 2 aromatic rings. The molecule has 0 saturated carbocycles. The molecular weight excluding hydrogens is 290 g/mol. The second-order valence-electron chi connectivity index (χ2n) is 6.45. The number of piperidine rings is 1. The van der Waals surface area contributed by atoms with Gasteiger partial charge in [-0.15, -0.1) is 0 Å². The molecule has 6 nitrogen and oxygen atoms in total.